The van der Waals surface area contributed by atoms with Crippen LogP contribution in [0, 0.1) is 6.92 Å². The summed E-state index contributed by atoms with van der Waals surface area (Å²) in [5, 5.41) is 11.4. The van der Waals surface area contributed by atoms with E-state index in [1.807, 2.05) is 43.3 Å². The number of aryl methyl sites for hydroxylation is 1. The topological polar surface area (TPSA) is 54.7 Å². The molecule has 0 saturated heterocycles. The van der Waals surface area contributed by atoms with Gasteiger partial charge in [-0.05, 0) is 18.6 Å². The first-order valence-corrected chi connectivity index (χ1v) is 5.60. The molecule has 4 heteroatoms. The van der Waals surface area contributed by atoms with Gasteiger partial charge in [0, 0.05) is 17.3 Å². The number of ether oxygens (including phenoxy) is 1. The highest BCUT2D eigenvalue weighted by Crippen LogP contribution is 2.16. The van der Waals surface area contributed by atoms with E-state index in [1.54, 1.807) is 6.20 Å². The van der Waals surface area contributed by atoms with Crippen LogP contribution < -0.4 is 4.74 Å². The summed E-state index contributed by atoms with van der Waals surface area (Å²) in [6, 6.07) is 11.8. The minimum Gasteiger partial charge on any atom is -0.473 e. The van der Waals surface area contributed by atoms with Crippen LogP contribution in [0.3, 0.4) is 0 Å². The monoisotopic (exact) mass is 242 g/mol. The molecule has 2 rings (SSSR count). The summed E-state index contributed by atoms with van der Waals surface area (Å²) < 4.78 is 5.64. The molecule has 0 amide bonds. The van der Waals surface area contributed by atoms with E-state index in [0.29, 0.717) is 12.5 Å². The summed E-state index contributed by atoms with van der Waals surface area (Å²) in [4.78, 5) is 4.19. The Morgan fingerprint density at radius 2 is 2.11 bits per heavy atom. The van der Waals surface area contributed by atoms with Crippen LogP contribution >= 0.6 is 0 Å². The molecule has 1 aromatic carbocycles. The highest BCUT2D eigenvalue weighted by molar-refractivity contribution is 5.78. The zero-order chi connectivity index (χ0) is 12.8. The lowest BCUT2D eigenvalue weighted by molar-refractivity contribution is 0.291. The Balaban J connectivity index is 2.06. The first kappa shape index (κ1) is 12.1. The predicted molar refractivity (Wildman–Crippen MR) is 69.1 cm³/mol. The summed E-state index contributed by atoms with van der Waals surface area (Å²) in [5.41, 5.74) is 2.74. The van der Waals surface area contributed by atoms with Crippen molar-refractivity contribution in [1.29, 1.82) is 0 Å². The second kappa shape index (κ2) is 5.82. The maximum Gasteiger partial charge on any atom is 0.216 e. The molecule has 0 radical (unpaired) electrons. The number of hydrogen-bond donors (Lipinski definition) is 1. The van der Waals surface area contributed by atoms with Crippen molar-refractivity contribution in [1.82, 2.24) is 4.98 Å². The van der Waals surface area contributed by atoms with E-state index in [-0.39, 0.29) is 0 Å². The van der Waals surface area contributed by atoms with Gasteiger partial charge in [-0.2, -0.15) is 0 Å². The molecule has 0 aliphatic carbocycles. The van der Waals surface area contributed by atoms with E-state index < -0.39 is 0 Å². The van der Waals surface area contributed by atoms with Gasteiger partial charge in [-0.25, -0.2) is 4.98 Å². The van der Waals surface area contributed by atoms with Crippen molar-refractivity contribution in [2.24, 2.45) is 5.16 Å². The van der Waals surface area contributed by atoms with Crippen molar-refractivity contribution in [2.75, 3.05) is 0 Å². The third-order valence-electron chi connectivity index (χ3n) is 2.48. The molecule has 4 nitrogen and oxygen atoms in total. The van der Waals surface area contributed by atoms with Gasteiger partial charge in [0.1, 0.15) is 6.61 Å². The molecule has 2 aromatic rings. The van der Waals surface area contributed by atoms with Crippen LogP contribution in [0.2, 0.25) is 0 Å². The van der Waals surface area contributed by atoms with Crippen molar-refractivity contribution in [3.05, 3.63) is 59.3 Å². The Hall–Kier alpha value is -2.36. The first-order valence-electron chi connectivity index (χ1n) is 5.60. The van der Waals surface area contributed by atoms with Crippen LogP contribution in [0.15, 0.2) is 47.8 Å². The standard InChI is InChI=1S/C14H14N2O2/c1-11-7-13(9-16-17)8-15-14(11)18-10-12-5-3-2-4-6-12/h2-9,17H,10H2,1H3. The third-order valence-corrected chi connectivity index (χ3v) is 2.48. The van der Waals surface area contributed by atoms with E-state index in [9.17, 15) is 0 Å². The molecule has 0 spiro atoms. The molecular formula is C14H14N2O2. The van der Waals surface area contributed by atoms with Gasteiger partial charge in [0.25, 0.3) is 0 Å². The van der Waals surface area contributed by atoms with Crippen LogP contribution in [0.1, 0.15) is 16.7 Å². The molecule has 1 heterocycles. The van der Waals surface area contributed by atoms with Gasteiger partial charge in [0.2, 0.25) is 5.88 Å². The lowest BCUT2D eigenvalue weighted by atomic mass is 10.2. The van der Waals surface area contributed by atoms with Gasteiger partial charge in [-0.1, -0.05) is 35.5 Å². The van der Waals surface area contributed by atoms with Crippen molar-refractivity contribution in [3.8, 4) is 5.88 Å². The van der Waals surface area contributed by atoms with E-state index in [0.717, 1.165) is 16.7 Å². The Morgan fingerprint density at radius 3 is 2.78 bits per heavy atom. The molecule has 0 saturated carbocycles. The maximum atomic E-state index is 8.44. The summed E-state index contributed by atoms with van der Waals surface area (Å²) in [6.07, 6.45) is 2.94. The fourth-order valence-electron chi connectivity index (χ4n) is 1.60. The quantitative estimate of drug-likeness (QED) is 0.509. The number of oxime groups is 1. The van der Waals surface area contributed by atoms with E-state index >= 15 is 0 Å². The number of hydrogen-bond acceptors (Lipinski definition) is 4. The largest absolute Gasteiger partial charge is 0.473 e. The van der Waals surface area contributed by atoms with Crippen molar-refractivity contribution in [2.45, 2.75) is 13.5 Å². The molecule has 0 aliphatic rings. The minimum absolute atomic E-state index is 0.488. The van der Waals surface area contributed by atoms with Crippen LogP contribution in [0.5, 0.6) is 5.88 Å². The van der Waals surface area contributed by atoms with Crippen LogP contribution in [0.25, 0.3) is 0 Å². The van der Waals surface area contributed by atoms with Crippen LogP contribution in [-0.4, -0.2) is 16.4 Å². The molecule has 0 unspecified atom stereocenters. The number of pyridine rings is 1. The molecule has 0 fully saturated rings. The van der Waals surface area contributed by atoms with Gasteiger partial charge in [-0.3, -0.25) is 0 Å². The molecule has 18 heavy (non-hydrogen) atoms. The summed E-state index contributed by atoms with van der Waals surface area (Å²) >= 11 is 0. The van der Waals surface area contributed by atoms with Gasteiger partial charge in [-0.15, -0.1) is 0 Å². The molecule has 0 bridgehead atoms. The van der Waals surface area contributed by atoms with Crippen LogP contribution in [0.4, 0.5) is 0 Å². The first-order chi connectivity index (χ1) is 8.79. The second-order valence-corrected chi connectivity index (χ2v) is 3.91. The molecule has 92 valence electrons. The smallest absolute Gasteiger partial charge is 0.216 e. The SMILES string of the molecule is Cc1cc(C=NO)cnc1OCc1ccccc1. The average Bonchev–Trinajstić information content (AvgIpc) is 2.39. The van der Waals surface area contributed by atoms with Crippen LogP contribution in [-0.2, 0) is 6.61 Å². The number of rotatable bonds is 4. The van der Waals surface area contributed by atoms with Crippen molar-refractivity contribution >= 4 is 6.21 Å². The summed E-state index contributed by atoms with van der Waals surface area (Å²) in [6.45, 7) is 2.39. The zero-order valence-electron chi connectivity index (χ0n) is 10.1. The molecule has 0 aliphatic heterocycles. The predicted octanol–water partition coefficient (Wildman–Crippen LogP) is 2.78. The molecule has 1 aromatic heterocycles. The second-order valence-electron chi connectivity index (χ2n) is 3.91. The van der Waals surface area contributed by atoms with Gasteiger partial charge in [0.15, 0.2) is 0 Å². The molecule has 0 atom stereocenters. The highest BCUT2D eigenvalue weighted by Gasteiger charge is 2.02. The number of aromatic nitrogens is 1. The van der Waals surface area contributed by atoms with Gasteiger partial charge < -0.3 is 9.94 Å². The fourth-order valence-corrected chi connectivity index (χ4v) is 1.60. The number of benzene rings is 1. The fraction of sp³-hybridized carbons (Fsp3) is 0.143. The maximum absolute atomic E-state index is 8.44. The van der Waals surface area contributed by atoms with Crippen molar-refractivity contribution in [3.63, 3.8) is 0 Å². The Bertz CT molecular complexity index is 539. The summed E-state index contributed by atoms with van der Waals surface area (Å²) in [5.74, 6) is 0.592. The Morgan fingerprint density at radius 1 is 1.33 bits per heavy atom. The van der Waals surface area contributed by atoms with Gasteiger partial charge >= 0.3 is 0 Å². The lowest BCUT2D eigenvalue weighted by Crippen LogP contribution is -1.99. The van der Waals surface area contributed by atoms with E-state index in [4.69, 9.17) is 9.94 Å². The van der Waals surface area contributed by atoms with Gasteiger partial charge in [0.05, 0.1) is 6.21 Å². The Labute approximate surface area is 106 Å². The summed E-state index contributed by atoms with van der Waals surface area (Å²) in [7, 11) is 0. The van der Waals surface area contributed by atoms with E-state index in [1.165, 1.54) is 6.21 Å². The number of nitrogens with zero attached hydrogens (tertiary/aromatic N) is 2. The zero-order valence-corrected chi connectivity index (χ0v) is 10.1. The molecular weight excluding hydrogens is 228 g/mol. The highest BCUT2D eigenvalue weighted by atomic mass is 16.5. The Kier molecular flexibility index (Phi) is 3.91. The van der Waals surface area contributed by atoms with Crippen molar-refractivity contribution < 1.29 is 9.94 Å². The molecule has 1 N–H and O–H groups in total. The third kappa shape index (κ3) is 3.07. The average molecular weight is 242 g/mol. The minimum atomic E-state index is 0.488. The lowest BCUT2D eigenvalue weighted by Gasteiger charge is -2.08. The normalized spacial score (nSPS) is 10.7. The van der Waals surface area contributed by atoms with E-state index in [2.05, 4.69) is 10.1 Å².